The van der Waals surface area contributed by atoms with Gasteiger partial charge < -0.3 is 19.5 Å². The van der Waals surface area contributed by atoms with Gasteiger partial charge in [-0.05, 0) is 0 Å². The summed E-state index contributed by atoms with van der Waals surface area (Å²) in [5, 5.41) is 7.47. The van der Waals surface area contributed by atoms with Gasteiger partial charge >= 0.3 is 0 Å². The molecule has 2 aliphatic rings. The monoisotopic (exact) mass is 435 g/mol. The smallest absolute Gasteiger partial charge is 0.193 e. The molecule has 0 saturated carbocycles. The molecule has 0 radical (unpaired) electrons. The second-order valence-corrected chi connectivity index (χ2v) is 6.46. The molecule has 0 atom stereocenters. The van der Waals surface area contributed by atoms with Gasteiger partial charge in [0.1, 0.15) is 6.26 Å². The van der Waals surface area contributed by atoms with Crippen molar-refractivity contribution in [2.75, 3.05) is 53.0 Å². The van der Waals surface area contributed by atoms with Crippen LogP contribution in [0.1, 0.15) is 12.6 Å². The summed E-state index contributed by atoms with van der Waals surface area (Å²) in [7, 11) is 1.85. The summed E-state index contributed by atoms with van der Waals surface area (Å²) >= 11 is 0. The van der Waals surface area contributed by atoms with Crippen LogP contribution in [0.25, 0.3) is 0 Å². The van der Waals surface area contributed by atoms with Crippen LogP contribution in [0.4, 0.5) is 0 Å². The number of aromatic nitrogens is 1. The lowest BCUT2D eigenvalue weighted by Gasteiger charge is -2.40. The first kappa shape index (κ1) is 18.5. The van der Waals surface area contributed by atoms with Crippen molar-refractivity contribution >= 4 is 29.9 Å². The third kappa shape index (κ3) is 4.80. The zero-order chi connectivity index (χ0) is 15.4. The van der Waals surface area contributed by atoms with Gasteiger partial charge in [-0.3, -0.25) is 9.89 Å². The molecule has 23 heavy (non-hydrogen) atoms. The van der Waals surface area contributed by atoms with Gasteiger partial charge in [0.25, 0.3) is 0 Å². The molecule has 0 aliphatic carbocycles. The molecule has 0 unspecified atom stereocenters. The minimum absolute atomic E-state index is 0. The van der Waals surface area contributed by atoms with Crippen LogP contribution in [0.2, 0.25) is 0 Å². The molecule has 2 fully saturated rings. The minimum atomic E-state index is 0. The summed E-state index contributed by atoms with van der Waals surface area (Å²) in [6.07, 6.45) is 1.63. The highest BCUT2D eigenvalue weighted by atomic mass is 127. The number of hydrogen-bond acceptors (Lipinski definition) is 5. The van der Waals surface area contributed by atoms with E-state index in [9.17, 15) is 0 Å². The Morgan fingerprint density at radius 3 is 2.61 bits per heavy atom. The highest BCUT2D eigenvalue weighted by Gasteiger charge is 2.33. The predicted octanol–water partition coefficient (Wildman–Crippen LogP) is 1.02. The van der Waals surface area contributed by atoms with Crippen LogP contribution in [0.15, 0.2) is 21.8 Å². The van der Waals surface area contributed by atoms with Gasteiger partial charge in [-0.15, -0.1) is 24.0 Å². The van der Waals surface area contributed by atoms with Crippen LogP contribution in [-0.4, -0.2) is 73.9 Å². The minimum Gasteiger partial charge on any atom is -0.380 e. The number of halogens is 1. The van der Waals surface area contributed by atoms with Crippen molar-refractivity contribution in [2.24, 2.45) is 10.4 Å². The Balaban J connectivity index is 0.00000192. The fourth-order valence-electron chi connectivity index (χ4n) is 2.84. The van der Waals surface area contributed by atoms with Crippen molar-refractivity contribution < 1.29 is 9.26 Å². The molecule has 3 rings (SSSR count). The second kappa shape index (κ2) is 8.29. The van der Waals surface area contributed by atoms with E-state index in [1.54, 1.807) is 6.26 Å². The van der Waals surface area contributed by atoms with E-state index in [2.05, 4.69) is 32.2 Å². The molecule has 2 aliphatic heterocycles. The van der Waals surface area contributed by atoms with Crippen LogP contribution in [0.3, 0.4) is 0 Å². The SMILES string of the molecule is CN=C(NCC1(C)COC1)N1CCN(Cc2ccon2)CC1.I. The van der Waals surface area contributed by atoms with Gasteiger partial charge in [-0.1, -0.05) is 12.1 Å². The summed E-state index contributed by atoms with van der Waals surface area (Å²) < 4.78 is 10.2. The average Bonchev–Trinajstić information content (AvgIpc) is 3.00. The maximum Gasteiger partial charge on any atom is 0.193 e. The predicted molar refractivity (Wildman–Crippen MR) is 99.1 cm³/mol. The molecule has 7 nitrogen and oxygen atoms in total. The second-order valence-electron chi connectivity index (χ2n) is 6.46. The highest BCUT2D eigenvalue weighted by Crippen LogP contribution is 2.25. The third-order valence-electron chi connectivity index (χ3n) is 4.33. The summed E-state index contributed by atoms with van der Waals surface area (Å²) in [4.78, 5) is 9.13. The lowest BCUT2D eigenvalue weighted by atomic mass is 9.89. The Morgan fingerprint density at radius 2 is 2.09 bits per heavy atom. The third-order valence-corrected chi connectivity index (χ3v) is 4.33. The van der Waals surface area contributed by atoms with E-state index in [-0.39, 0.29) is 29.4 Å². The number of hydrogen-bond donors (Lipinski definition) is 1. The van der Waals surface area contributed by atoms with Crippen LogP contribution < -0.4 is 5.32 Å². The fourth-order valence-corrected chi connectivity index (χ4v) is 2.84. The summed E-state index contributed by atoms with van der Waals surface area (Å²) in [5.74, 6) is 0.995. The van der Waals surface area contributed by atoms with E-state index < -0.39 is 0 Å². The van der Waals surface area contributed by atoms with Gasteiger partial charge in [0.05, 0.1) is 18.9 Å². The van der Waals surface area contributed by atoms with Gasteiger partial charge in [-0.25, -0.2) is 0 Å². The average molecular weight is 435 g/mol. The first-order chi connectivity index (χ1) is 10.7. The standard InChI is InChI=1S/C15H25N5O2.HI/c1-15(11-21-12-15)10-17-14(16-2)20-6-4-19(5-7-20)9-13-3-8-22-18-13;/h3,8H,4-7,9-12H2,1-2H3,(H,16,17);1H. The molecule has 2 saturated heterocycles. The fraction of sp³-hybridized carbons (Fsp3) is 0.733. The number of nitrogens with zero attached hydrogens (tertiary/aromatic N) is 4. The Hall–Kier alpha value is -0.870. The molecule has 0 bridgehead atoms. The maximum absolute atomic E-state index is 5.30. The normalized spacial score (nSPS) is 21.5. The Bertz CT molecular complexity index is 496. The molecule has 130 valence electrons. The zero-order valence-corrected chi connectivity index (χ0v) is 16.2. The van der Waals surface area contributed by atoms with Crippen molar-refractivity contribution in [3.63, 3.8) is 0 Å². The number of piperazine rings is 1. The molecule has 0 spiro atoms. The van der Waals surface area contributed by atoms with Crippen LogP contribution in [0.5, 0.6) is 0 Å². The van der Waals surface area contributed by atoms with Crippen molar-refractivity contribution in [3.8, 4) is 0 Å². The summed E-state index contributed by atoms with van der Waals surface area (Å²) in [6, 6.07) is 1.92. The Labute approximate surface area is 154 Å². The number of guanidine groups is 1. The molecule has 1 N–H and O–H groups in total. The zero-order valence-electron chi connectivity index (χ0n) is 13.8. The molecule has 3 heterocycles. The molecule has 1 aromatic heterocycles. The van der Waals surface area contributed by atoms with Gasteiger partial charge in [-0.2, -0.15) is 0 Å². The number of nitrogens with one attached hydrogen (secondary N) is 1. The molecule has 0 amide bonds. The summed E-state index contributed by atoms with van der Waals surface area (Å²) in [6.45, 7) is 9.65. The van der Waals surface area contributed by atoms with Crippen LogP contribution >= 0.6 is 24.0 Å². The van der Waals surface area contributed by atoms with Crippen molar-refractivity contribution in [3.05, 3.63) is 18.0 Å². The van der Waals surface area contributed by atoms with E-state index >= 15 is 0 Å². The van der Waals surface area contributed by atoms with E-state index in [1.807, 2.05) is 13.1 Å². The number of rotatable bonds is 4. The molecule has 0 aromatic carbocycles. The highest BCUT2D eigenvalue weighted by molar-refractivity contribution is 14.0. The summed E-state index contributed by atoms with van der Waals surface area (Å²) in [5.41, 5.74) is 1.25. The molecular weight excluding hydrogens is 409 g/mol. The van der Waals surface area contributed by atoms with Gasteiger partial charge in [0.2, 0.25) is 0 Å². The van der Waals surface area contributed by atoms with E-state index in [0.717, 1.165) is 64.1 Å². The first-order valence-electron chi connectivity index (χ1n) is 7.83. The Morgan fingerprint density at radius 1 is 1.35 bits per heavy atom. The van der Waals surface area contributed by atoms with E-state index in [1.165, 1.54) is 0 Å². The Kier molecular flexibility index (Phi) is 6.66. The molecule has 1 aromatic rings. The quantitative estimate of drug-likeness (QED) is 0.433. The molecule has 8 heteroatoms. The topological polar surface area (TPSA) is 66.1 Å². The van der Waals surface area contributed by atoms with Crippen LogP contribution in [0, 0.1) is 5.41 Å². The van der Waals surface area contributed by atoms with Crippen molar-refractivity contribution in [1.82, 2.24) is 20.3 Å². The lowest BCUT2D eigenvalue weighted by molar-refractivity contribution is -0.0973. The number of aliphatic imine (C=N–C) groups is 1. The van der Waals surface area contributed by atoms with Crippen molar-refractivity contribution in [2.45, 2.75) is 13.5 Å². The maximum atomic E-state index is 5.30. The van der Waals surface area contributed by atoms with E-state index in [4.69, 9.17) is 9.26 Å². The van der Waals surface area contributed by atoms with Gasteiger partial charge in [0, 0.05) is 57.8 Å². The van der Waals surface area contributed by atoms with Crippen molar-refractivity contribution in [1.29, 1.82) is 0 Å². The van der Waals surface area contributed by atoms with Crippen LogP contribution in [-0.2, 0) is 11.3 Å². The lowest BCUT2D eigenvalue weighted by Crippen LogP contribution is -2.55. The largest absolute Gasteiger partial charge is 0.380 e. The van der Waals surface area contributed by atoms with Gasteiger partial charge in [0.15, 0.2) is 5.96 Å². The number of ether oxygens (including phenoxy) is 1. The molecular formula is C15H26IN5O2. The first-order valence-corrected chi connectivity index (χ1v) is 7.83. The van der Waals surface area contributed by atoms with E-state index in [0.29, 0.717) is 0 Å².